The minimum Gasteiger partial charge on any atom is -0.504 e. The summed E-state index contributed by atoms with van der Waals surface area (Å²) in [5.41, 5.74) is 0.432. The Labute approximate surface area is 212 Å². The Balaban J connectivity index is 1.61. The van der Waals surface area contributed by atoms with Crippen molar-refractivity contribution >= 4 is 29.1 Å². The van der Waals surface area contributed by atoms with Crippen molar-refractivity contribution in [3.63, 3.8) is 0 Å². The normalized spacial score (nSPS) is 22.5. The van der Waals surface area contributed by atoms with Gasteiger partial charge in [0.1, 0.15) is 5.82 Å². The summed E-state index contributed by atoms with van der Waals surface area (Å²) in [6, 6.07) is 5.90. The molecular formula is C26H26FN4O6+. The van der Waals surface area contributed by atoms with E-state index in [9.17, 15) is 23.9 Å². The number of nitrogens with zero attached hydrogens (tertiary/aromatic N) is 3. The first-order valence-corrected chi connectivity index (χ1v) is 11.8. The first-order valence-electron chi connectivity index (χ1n) is 11.8. The van der Waals surface area contributed by atoms with Crippen LogP contribution in [0.15, 0.2) is 64.3 Å². The molecule has 0 spiro atoms. The van der Waals surface area contributed by atoms with Crippen LogP contribution < -0.4 is 5.32 Å². The van der Waals surface area contributed by atoms with Crippen molar-refractivity contribution < 1.29 is 37.9 Å². The molecule has 1 unspecified atom stereocenters. The molecule has 0 aliphatic carbocycles. The highest BCUT2D eigenvalue weighted by atomic mass is 19.1. The molecule has 4 aliphatic heterocycles. The molecule has 4 aliphatic rings. The van der Waals surface area contributed by atoms with Gasteiger partial charge < -0.3 is 24.8 Å². The predicted molar refractivity (Wildman–Crippen MR) is 129 cm³/mol. The fraction of sp³-hybridized carbons (Fsp3) is 0.346. The quantitative estimate of drug-likeness (QED) is 0.464. The van der Waals surface area contributed by atoms with Crippen LogP contribution in [0.2, 0.25) is 0 Å². The zero-order valence-electron chi connectivity index (χ0n) is 20.6. The van der Waals surface area contributed by atoms with E-state index in [-0.39, 0.29) is 29.4 Å². The monoisotopic (exact) mass is 509 g/mol. The van der Waals surface area contributed by atoms with Crippen LogP contribution in [0.4, 0.5) is 4.39 Å². The average molecular weight is 510 g/mol. The van der Waals surface area contributed by atoms with Gasteiger partial charge in [-0.05, 0) is 38.0 Å². The second kappa shape index (κ2) is 9.07. The van der Waals surface area contributed by atoms with Gasteiger partial charge in [-0.15, -0.1) is 4.58 Å². The smallest absolute Gasteiger partial charge is 0.434 e. The molecule has 3 amide bonds. The molecule has 37 heavy (non-hydrogen) atoms. The number of allylic oxidation sites excluding steroid dienone is 1. The maximum atomic E-state index is 13.6. The Morgan fingerprint density at radius 3 is 2.70 bits per heavy atom. The van der Waals surface area contributed by atoms with Crippen LogP contribution in [-0.4, -0.2) is 82.2 Å². The van der Waals surface area contributed by atoms with Gasteiger partial charge in [0.2, 0.25) is 12.3 Å². The van der Waals surface area contributed by atoms with Crippen molar-refractivity contribution in [3.8, 4) is 0 Å². The van der Waals surface area contributed by atoms with Gasteiger partial charge in [-0.1, -0.05) is 12.1 Å². The third-order valence-corrected chi connectivity index (χ3v) is 6.71. The first-order chi connectivity index (χ1) is 17.6. The number of hydrogen-bond donors (Lipinski definition) is 2. The highest BCUT2D eigenvalue weighted by molar-refractivity contribution is 6.52. The van der Waals surface area contributed by atoms with E-state index < -0.39 is 40.7 Å². The van der Waals surface area contributed by atoms with E-state index >= 15 is 0 Å². The number of hydrogen-bond acceptors (Lipinski definition) is 7. The molecule has 1 atom stereocenters. The number of ether oxygens (including phenoxy) is 2. The van der Waals surface area contributed by atoms with Crippen LogP contribution in [0.5, 0.6) is 0 Å². The number of carbonyl (C=O) groups excluding carboxylic acids is 3. The van der Waals surface area contributed by atoms with Gasteiger partial charge in [-0.2, -0.15) is 0 Å². The van der Waals surface area contributed by atoms with E-state index in [1.807, 2.05) is 13.8 Å². The summed E-state index contributed by atoms with van der Waals surface area (Å²) in [6.45, 7) is 4.76. The summed E-state index contributed by atoms with van der Waals surface area (Å²) in [5, 5.41) is 13.2. The van der Waals surface area contributed by atoms with Gasteiger partial charge in [-0.25, -0.2) is 14.2 Å². The van der Waals surface area contributed by atoms with E-state index in [0.29, 0.717) is 25.3 Å². The number of rotatable bonds is 4. The zero-order chi connectivity index (χ0) is 26.5. The van der Waals surface area contributed by atoms with Crippen molar-refractivity contribution in [2.75, 3.05) is 26.8 Å². The maximum absolute atomic E-state index is 13.6. The van der Waals surface area contributed by atoms with E-state index in [2.05, 4.69) is 10.3 Å². The van der Waals surface area contributed by atoms with E-state index in [1.54, 1.807) is 17.0 Å². The Morgan fingerprint density at radius 2 is 2.03 bits per heavy atom. The Kier molecular flexibility index (Phi) is 6.03. The number of aliphatic hydroxyl groups excluding tert-OH is 1. The number of nitrogens with one attached hydrogen (secondary N) is 1. The number of aliphatic imine (C=N–C) groups is 1. The number of aliphatic hydroxyl groups is 1. The van der Waals surface area contributed by atoms with Gasteiger partial charge >= 0.3 is 5.91 Å². The van der Waals surface area contributed by atoms with Gasteiger partial charge in [0, 0.05) is 25.4 Å². The summed E-state index contributed by atoms with van der Waals surface area (Å²) in [5.74, 6) is -3.09. The topological polar surface area (TPSA) is 121 Å². The molecule has 0 bridgehead atoms. The summed E-state index contributed by atoms with van der Waals surface area (Å²) in [6.07, 6.45) is 2.05. The van der Waals surface area contributed by atoms with Gasteiger partial charge in [0.15, 0.2) is 17.0 Å². The number of halogens is 1. The molecule has 1 fully saturated rings. The predicted octanol–water partition coefficient (Wildman–Crippen LogP) is 1.14. The lowest BCUT2D eigenvalue weighted by molar-refractivity contribution is -0.385. The molecule has 5 rings (SSSR count). The van der Waals surface area contributed by atoms with Crippen molar-refractivity contribution in [2.24, 2.45) is 4.99 Å². The van der Waals surface area contributed by atoms with Crippen LogP contribution in [0, 0.1) is 5.82 Å². The van der Waals surface area contributed by atoms with Crippen molar-refractivity contribution in [1.82, 2.24) is 10.2 Å². The molecule has 0 aromatic heterocycles. The van der Waals surface area contributed by atoms with Crippen molar-refractivity contribution in [1.29, 1.82) is 0 Å². The Morgan fingerprint density at radius 1 is 1.30 bits per heavy atom. The largest absolute Gasteiger partial charge is 0.504 e. The zero-order valence-corrected chi connectivity index (χ0v) is 20.6. The summed E-state index contributed by atoms with van der Waals surface area (Å²) in [4.78, 5) is 45.5. The first kappa shape index (κ1) is 24.6. The lowest BCUT2D eigenvalue weighted by atomic mass is 9.89. The van der Waals surface area contributed by atoms with Crippen LogP contribution in [0.25, 0.3) is 0 Å². The standard InChI is InChI=1S/C26H25FN4O6/c1-26(2)13-36-9-8-31(26)24(34)17-12-30-20-19(21(32)18(25(30)35)23(33)28-3)29-11-15(22(20)37-17)10-14-4-6-16(27)7-5-14/h4-7,11-12,22H,8-10,13H2,1-3H3,(H-,28,32,33,35)/p+1. The summed E-state index contributed by atoms with van der Waals surface area (Å²) in [7, 11) is 1.34. The molecule has 1 aromatic rings. The van der Waals surface area contributed by atoms with E-state index in [1.165, 1.54) is 31.6 Å². The number of likely N-dealkylation sites (N-methyl/N-ethyl adjacent to an activating group) is 1. The maximum Gasteiger partial charge on any atom is 0.434 e. The highest BCUT2D eigenvalue weighted by Gasteiger charge is 2.53. The lowest BCUT2D eigenvalue weighted by Gasteiger charge is -2.42. The van der Waals surface area contributed by atoms with Crippen LogP contribution in [-0.2, 0) is 30.3 Å². The Hall–Kier alpha value is -4.12. The van der Waals surface area contributed by atoms with Gasteiger partial charge in [0.05, 0.1) is 18.8 Å². The highest BCUT2D eigenvalue weighted by Crippen LogP contribution is 2.32. The molecule has 1 aromatic carbocycles. The van der Waals surface area contributed by atoms with Crippen molar-refractivity contribution in [2.45, 2.75) is 31.9 Å². The van der Waals surface area contributed by atoms with Crippen LogP contribution in [0.3, 0.4) is 0 Å². The minimum atomic E-state index is -0.956. The van der Waals surface area contributed by atoms with Gasteiger partial charge in [0.25, 0.3) is 23.3 Å². The van der Waals surface area contributed by atoms with Crippen molar-refractivity contribution in [3.05, 3.63) is 70.7 Å². The number of benzene rings is 1. The van der Waals surface area contributed by atoms with Gasteiger partial charge in [-0.3, -0.25) is 9.59 Å². The molecule has 0 saturated carbocycles. The lowest BCUT2D eigenvalue weighted by Crippen LogP contribution is -2.57. The number of carbonyl (C=O) groups is 3. The summed E-state index contributed by atoms with van der Waals surface area (Å²) < 4.78 is 26.3. The molecule has 0 radical (unpaired) electrons. The molecule has 10 nitrogen and oxygen atoms in total. The minimum absolute atomic E-state index is 0.000470. The second-order valence-corrected chi connectivity index (χ2v) is 9.66. The van der Waals surface area contributed by atoms with E-state index in [4.69, 9.17) is 9.47 Å². The third kappa shape index (κ3) is 4.14. The molecule has 192 valence electrons. The fourth-order valence-electron chi connectivity index (χ4n) is 4.77. The van der Waals surface area contributed by atoms with E-state index in [0.717, 1.165) is 10.1 Å². The van der Waals surface area contributed by atoms with Crippen LogP contribution in [0.1, 0.15) is 19.4 Å². The number of morpholine rings is 1. The average Bonchev–Trinajstić information content (AvgIpc) is 2.88. The fourth-order valence-corrected chi connectivity index (χ4v) is 4.77. The molecule has 11 heteroatoms. The summed E-state index contributed by atoms with van der Waals surface area (Å²) >= 11 is 0. The number of amides is 3. The Bertz CT molecular complexity index is 1370. The molecule has 1 saturated heterocycles. The SMILES string of the molecule is CNC(=O)C1=C(O)C2=NC=C(Cc3ccc(F)cc3)C3OC(C(=O)N4CCOCC4(C)C)=C[N+](=C23)C1=O. The molecule has 4 heterocycles. The molecule has 2 N–H and O–H groups in total. The third-order valence-electron chi connectivity index (χ3n) is 6.71. The van der Waals surface area contributed by atoms with Crippen LogP contribution >= 0.6 is 0 Å². The second-order valence-electron chi connectivity index (χ2n) is 9.66. The molecular weight excluding hydrogens is 483 g/mol.